The van der Waals surface area contributed by atoms with E-state index in [1.165, 1.54) is 4.90 Å². The molecule has 4 atom stereocenters. The van der Waals surface area contributed by atoms with Gasteiger partial charge in [-0.1, -0.05) is 62.7 Å². The van der Waals surface area contributed by atoms with Gasteiger partial charge in [-0.05, 0) is 93.5 Å². The molecule has 6 rings (SSSR count). The normalized spacial score (nSPS) is 21.2. The summed E-state index contributed by atoms with van der Waals surface area (Å²) in [5.74, 6) is -1.74. The first-order valence-corrected chi connectivity index (χ1v) is 25.6. The Balaban J connectivity index is 0.770. The van der Waals surface area contributed by atoms with Gasteiger partial charge in [0.15, 0.2) is 11.4 Å². The second-order valence-electron chi connectivity index (χ2n) is 19.8. The quantitative estimate of drug-likeness (QED) is 0.0565. The molecule has 390 valence electrons. The molecule has 1 aromatic heterocycles. The second-order valence-corrected chi connectivity index (χ2v) is 20.7. The number of carbonyl (C=O) groups excluding carboxylic acids is 4. The fourth-order valence-electron chi connectivity index (χ4n) is 9.50. The van der Waals surface area contributed by atoms with E-state index in [0.29, 0.717) is 78.5 Å². The van der Waals surface area contributed by atoms with E-state index in [4.69, 9.17) is 33.2 Å². The summed E-state index contributed by atoms with van der Waals surface area (Å²) in [7, 11) is 0. The number of hydrogen-bond acceptors (Lipinski definition) is 15. The molecule has 0 unspecified atom stereocenters. The topological polar surface area (TPSA) is 214 Å². The van der Waals surface area contributed by atoms with E-state index in [2.05, 4.69) is 15.6 Å². The van der Waals surface area contributed by atoms with Gasteiger partial charge in [0.1, 0.15) is 24.3 Å². The molecular formula is C53H74N4O13S. The van der Waals surface area contributed by atoms with Crippen molar-refractivity contribution >= 4 is 40.6 Å². The van der Waals surface area contributed by atoms with Crippen molar-refractivity contribution in [1.82, 2.24) is 20.5 Å². The third-order valence-electron chi connectivity index (χ3n) is 13.2. The van der Waals surface area contributed by atoms with Crippen molar-refractivity contribution in [3.8, 4) is 10.4 Å². The Morgan fingerprint density at radius 3 is 1.97 bits per heavy atom. The van der Waals surface area contributed by atoms with Crippen LogP contribution < -0.4 is 10.6 Å². The number of thiazole rings is 1. The molecule has 2 aliphatic heterocycles. The molecule has 3 aliphatic rings. The summed E-state index contributed by atoms with van der Waals surface area (Å²) in [6.45, 7) is 18.4. The van der Waals surface area contributed by atoms with Gasteiger partial charge in [0.2, 0.25) is 17.7 Å². The number of amides is 3. The maximum absolute atomic E-state index is 14.0. The molecule has 3 amide bonds. The molecule has 1 saturated carbocycles. The molecule has 3 aromatic rings. The Morgan fingerprint density at radius 2 is 1.42 bits per heavy atom. The van der Waals surface area contributed by atoms with Gasteiger partial charge in [0.25, 0.3) is 0 Å². The molecule has 18 heteroatoms. The molecule has 2 aromatic carbocycles. The molecule has 0 radical (unpaired) electrons. The highest BCUT2D eigenvalue weighted by atomic mass is 32.1. The number of rotatable bonds is 25. The number of hydrogen-bond donors (Lipinski definition) is 4. The van der Waals surface area contributed by atoms with E-state index in [1.807, 2.05) is 97.3 Å². The van der Waals surface area contributed by atoms with E-state index in [1.54, 1.807) is 11.3 Å². The standard InChI is InChI=1S/C53H74N4O13S/c1-33-27-34(2)44(35(3)28-33)45-48(60)53(70-51(45)63)15-13-41(14-16-53)69-26-25-67-22-21-65-18-17-64-19-20-66-23-24-68-31-43(59)56-47(52(6,7)8)50(62)57-30-40(58)29-42(57)49(61)55-36(4)38-9-11-39(12-10-38)46-37(5)54-32-71-46/h9-12,27-28,32,36,40-42,47,58,60H,13-26,29-31H2,1-8H3,(H,55,61)(H,56,59)/t36-,40+,41?,42-,47+,53?/m0/s1. The summed E-state index contributed by atoms with van der Waals surface area (Å²) >= 11 is 1.57. The summed E-state index contributed by atoms with van der Waals surface area (Å²) in [6.07, 6.45) is 1.51. The van der Waals surface area contributed by atoms with Crippen LogP contribution >= 0.6 is 11.3 Å². The number of esters is 1. The Hall–Kier alpha value is -4.79. The molecule has 0 bridgehead atoms. The zero-order valence-corrected chi connectivity index (χ0v) is 43.5. The molecule has 3 heterocycles. The van der Waals surface area contributed by atoms with Crippen LogP contribution in [-0.4, -0.2) is 153 Å². The summed E-state index contributed by atoms with van der Waals surface area (Å²) in [5, 5.41) is 27.7. The number of β-amino-alcohol motifs (C(OH)–C–C–N with tert-alkyl or cyclic N) is 1. The van der Waals surface area contributed by atoms with E-state index in [9.17, 15) is 29.4 Å². The number of aryl methyl sites for hydroxylation is 4. The third kappa shape index (κ3) is 14.9. The number of nitrogens with zero attached hydrogens (tertiary/aromatic N) is 2. The average molecular weight is 1010 g/mol. The van der Waals surface area contributed by atoms with Crippen molar-refractivity contribution in [3.63, 3.8) is 0 Å². The minimum atomic E-state index is -0.990. The third-order valence-corrected chi connectivity index (χ3v) is 14.2. The summed E-state index contributed by atoms with van der Waals surface area (Å²) < 4.78 is 39.8. The number of likely N-dealkylation sites (tertiary alicyclic amines) is 1. The van der Waals surface area contributed by atoms with E-state index >= 15 is 0 Å². The predicted octanol–water partition coefficient (Wildman–Crippen LogP) is 6.02. The molecule has 4 N–H and O–H groups in total. The molecular weight excluding hydrogens is 933 g/mol. The minimum Gasteiger partial charge on any atom is -0.507 e. The lowest BCUT2D eigenvalue weighted by Crippen LogP contribution is -2.58. The highest BCUT2D eigenvalue weighted by Gasteiger charge is 2.51. The van der Waals surface area contributed by atoms with E-state index in [0.717, 1.165) is 44.0 Å². The zero-order chi connectivity index (χ0) is 51.3. The summed E-state index contributed by atoms with van der Waals surface area (Å²) in [4.78, 5) is 60.4. The summed E-state index contributed by atoms with van der Waals surface area (Å²) in [6, 6.07) is 9.71. The lowest BCUT2D eigenvalue weighted by atomic mass is 9.80. The number of benzene rings is 2. The van der Waals surface area contributed by atoms with Gasteiger partial charge in [0, 0.05) is 13.0 Å². The number of carbonyl (C=O) groups is 4. The van der Waals surface area contributed by atoms with Gasteiger partial charge in [-0.3, -0.25) is 14.4 Å². The SMILES string of the molecule is Cc1cc(C)c(C2=C(O)C3(CCC(OCCOCCOCCOCCOCCOCC(=O)N[C@H](C(=O)N4C[C@H](O)C[C@H]4C(=O)N[C@@H](C)c4ccc(-c5scnc5C)cc4)C(C)(C)C)CC3)OC2=O)c(C)c1. The number of aromatic nitrogens is 1. The van der Waals surface area contributed by atoms with Crippen LogP contribution in [0.4, 0.5) is 0 Å². The van der Waals surface area contributed by atoms with Crippen LogP contribution in [0.3, 0.4) is 0 Å². The lowest BCUT2D eigenvalue weighted by molar-refractivity contribution is -0.152. The molecule has 1 spiro atoms. The van der Waals surface area contributed by atoms with Crippen molar-refractivity contribution in [3.05, 3.63) is 81.2 Å². The Morgan fingerprint density at radius 1 is 0.859 bits per heavy atom. The van der Waals surface area contributed by atoms with Crippen LogP contribution in [0.5, 0.6) is 0 Å². The summed E-state index contributed by atoms with van der Waals surface area (Å²) in [5.41, 5.74) is 7.04. The van der Waals surface area contributed by atoms with Crippen LogP contribution in [0.1, 0.15) is 99.4 Å². The van der Waals surface area contributed by atoms with Crippen LogP contribution in [-0.2, 0) is 52.3 Å². The van der Waals surface area contributed by atoms with Gasteiger partial charge >= 0.3 is 5.97 Å². The smallest absolute Gasteiger partial charge is 0.343 e. The number of aliphatic hydroxyl groups excluding tert-OH is 2. The molecule has 2 fully saturated rings. The molecule has 1 aliphatic carbocycles. The first-order chi connectivity index (χ1) is 33.9. The Kier molecular flexibility index (Phi) is 20.1. The monoisotopic (exact) mass is 1010 g/mol. The highest BCUT2D eigenvalue weighted by Crippen LogP contribution is 2.47. The number of ether oxygens (including phenoxy) is 7. The van der Waals surface area contributed by atoms with Crippen molar-refractivity contribution in [2.24, 2.45) is 5.41 Å². The fourth-order valence-corrected chi connectivity index (χ4v) is 10.3. The first kappa shape index (κ1) is 55.5. The van der Waals surface area contributed by atoms with Gasteiger partial charge < -0.3 is 58.9 Å². The number of nitrogens with one attached hydrogen (secondary N) is 2. The van der Waals surface area contributed by atoms with Crippen LogP contribution in [0.25, 0.3) is 16.0 Å². The van der Waals surface area contributed by atoms with Gasteiger partial charge in [-0.15, -0.1) is 11.3 Å². The van der Waals surface area contributed by atoms with Crippen LogP contribution in [0, 0.1) is 33.1 Å². The Labute approximate surface area is 421 Å². The van der Waals surface area contributed by atoms with Crippen molar-refractivity contribution in [1.29, 1.82) is 0 Å². The maximum atomic E-state index is 14.0. The molecule has 71 heavy (non-hydrogen) atoms. The predicted molar refractivity (Wildman–Crippen MR) is 268 cm³/mol. The Bertz CT molecular complexity index is 2280. The van der Waals surface area contributed by atoms with Crippen molar-refractivity contribution in [2.45, 2.75) is 123 Å². The molecule has 1 saturated heterocycles. The van der Waals surface area contributed by atoms with E-state index < -0.39 is 47.0 Å². The highest BCUT2D eigenvalue weighted by molar-refractivity contribution is 7.13. The van der Waals surface area contributed by atoms with Crippen molar-refractivity contribution < 1.29 is 62.5 Å². The second kappa shape index (κ2) is 25.7. The first-order valence-electron chi connectivity index (χ1n) is 24.7. The minimum absolute atomic E-state index is 0.00875. The average Bonchev–Trinajstić information content (AvgIpc) is 4.00. The fraction of sp³-hybridized carbons (Fsp3) is 0.604. The van der Waals surface area contributed by atoms with Gasteiger partial charge in [-0.2, -0.15) is 0 Å². The largest absolute Gasteiger partial charge is 0.507 e. The van der Waals surface area contributed by atoms with Gasteiger partial charge in [-0.25, -0.2) is 9.78 Å². The van der Waals surface area contributed by atoms with E-state index in [-0.39, 0.29) is 62.2 Å². The zero-order valence-electron chi connectivity index (χ0n) is 42.6. The van der Waals surface area contributed by atoms with Gasteiger partial charge in [0.05, 0.1) is 100 Å². The maximum Gasteiger partial charge on any atom is 0.343 e. The lowest BCUT2D eigenvalue weighted by Gasteiger charge is -2.35. The van der Waals surface area contributed by atoms with Crippen LogP contribution in [0.2, 0.25) is 0 Å². The molecule has 17 nitrogen and oxygen atoms in total. The van der Waals surface area contributed by atoms with Crippen molar-refractivity contribution in [2.75, 3.05) is 79.2 Å². The number of aliphatic hydroxyl groups is 2. The van der Waals surface area contributed by atoms with Crippen LogP contribution in [0.15, 0.2) is 47.7 Å².